The van der Waals surface area contributed by atoms with Crippen LogP contribution in [0.2, 0.25) is 0 Å². The lowest BCUT2D eigenvalue weighted by Gasteiger charge is -2.20. The molecule has 7 heteroatoms. The molecule has 0 bridgehead atoms. The molecule has 0 aliphatic heterocycles. The highest BCUT2D eigenvalue weighted by molar-refractivity contribution is 5.94. The van der Waals surface area contributed by atoms with E-state index in [9.17, 15) is 9.59 Å². The zero-order chi connectivity index (χ0) is 18.7. The summed E-state index contributed by atoms with van der Waals surface area (Å²) in [6.45, 7) is 9.40. The number of hydrogen-bond donors (Lipinski definition) is 4. The predicted octanol–water partition coefficient (Wildman–Crippen LogP) is 0.886. The van der Waals surface area contributed by atoms with Gasteiger partial charge in [-0.15, -0.1) is 0 Å². The van der Waals surface area contributed by atoms with Crippen LogP contribution in [0.25, 0.3) is 0 Å². The lowest BCUT2D eigenvalue weighted by Crippen LogP contribution is -2.44. The summed E-state index contributed by atoms with van der Waals surface area (Å²) in [7, 11) is 0. The van der Waals surface area contributed by atoms with Gasteiger partial charge in [0, 0.05) is 30.7 Å². The number of nitrogens with one attached hydrogen (secondary N) is 4. The fourth-order valence-electron chi connectivity index (χ4n) is 2.00. The van der Waals surface area contributed by atoms with Gasteiger partial charge in [0.25, 0.3) is 5.91 Å². The van der Waals surface area contributed by atoms with Crippen molar-refractivity contribution in [2.45, 2.75) is 33.2 Å². The molecule has 4 N–H and O–H groups in total. The number of rotatable bonds is 7. The van der Waals surface area contributed by atoms with E-state index in [-0.39, 0.29) is 23.9 Å². The van der Waals surface area contributed by atoms with Crippen LogP contribution in [0.3, 0.4) is 0 Å². The standard InChI is InChI=1S/C18H29N5O2/c1-5-19-17(22-13-15(24)23-18(2,3)4)21-12-11-20-16(25)14-9-7-6-8-10-14/h6-10H,5,11-13H2,1-4H3,(H,20,25)(H,23,24)(H2,19,21,22). The van der Waals surface area contributed by atoms with Gasteiger partial charge in [-0.05, 0) is 39.8 Å². The first kappa shape index (κ1) is 20.5. The van der Waals surface area contributed by atoms with Crippen molar-refractivity contribution < 1.29 is 9.59 Å². The quantitative estimate of drug-likeness (QED) is 0.335. The molecule has 0 saturated carbocycles. The molecule has 1 aromatic rings. The maximum atomic E-state index is 11.9. The first-order valence-electron chi connectivity index (χ1n) is 8.48. The third kappa shape index (κ3) is 9.34. The maximum Gasteiger partial charge on any atom is 0.251 e. The van der Waals surface area contributed by atoms with Crippen LogP contribution in [-0.4, -0.2) is 49.5 Å². The summed E-state index contributed by atoms with van der Waals surface area (Å²) >= 11 is 0. The Morgan fingerprint density at radius 3 is 2.24 bits per heavy atom. The van der Waals surface area contributed by atoms with E-state index in [1.54, 1.807) is 12.1 Å². The maximum absolute atomic E-state index is 11.9. The van der Waals surface area contributed by atoms with Crippen molar-refractivity contribution in [1.82, 2.24) is 21.3 Å². The Kier molecular flexibility index (Phi) is 8.46. The zero-order valence-corrected chi connectivity index (χ0v) is 15.5. The van der Waals surface area contributed by atoms with Crippen LogP contribution >= 0.6 is 0 Å². The van der Waals surface area contributed by atoms with E-state index in [0.29, 0.717) is 31.2 Å². The number of carbonyl (C=O) groups excluding carboxylic acids is 2. The highest BCUT2D eigenvalue weighted by atomic mass is 16.2. The van der Waals surface area contributed by atoms with Crippen LogP contribution in [-0.2, 0) is 4.79 Å². The number of aliphatic imine (C=N–C) groups is 1. The van der Waals surface area contributed by atoms with Gasteiger partial charge in [-0.3, -0.25) is 9.59 Å². The van der Waals surface area contributed by atoms with Gasteiger partial charge in [-0.25, -0.2) is 4.99 Å². The normalized spacial score (nSPS) is 11.6. The van der Waals surface area contributed by atoms with Crippen molar-refractivity contribution in [3.05, 3.63) is 35.9 Å². The largest absolute Gasteiger partial charge is 0.357 e. The molecule has 0 aromatic heterocycles. The van der Waals surface area contributed by atoms with Crippen LogP contribution in [0.15, 0.2) is 35.3 Å². The molecule has 0 fully saturated rings. The van der Waals surface area contributed by atoms with Crippen LogP contribution in [0.1, 0.15) is 38.1 Å². The third-order valence-electron chi connectivity index (χ3n) is 2.98. The fourth-order valence-corrected chi connectivity index (χ4v) is 2.00. The summed E-state index contributed by atoms with van der Waals surface area (Å²) in [5.41, 5.74) is 0.349. The monoisotopic (exact) mass is 347 g/mol. The molecule has 0 unspecified atom stereocenters. The van der Waals surface area contributed by atoms with E-state index in [1.165, 1.54) is 0 Å². The number of benzene rings is 1. The molecule has 1 aromatic carbocycles. The second-order valence-corrected chi connectivity index (χ2v) is 6.54. The summed E-state index contributed by atoms with van der Waals surface area (Å²) in [6.07, 6.45) is 0. The molecule has 0 saturated heterocycles. The van der Waals surface area contributed by atoms with Crippen molar-refractivity contribution in [2.24, 2.45) is 4.99 Å². The summed E-state index contributed by atoms with van der Waals surface area (Å²) in [5, 5.41) is 11.8. The van der Waals surface area contributed by atoms with E-state index in [0.717, 1.165) is 0 Å². The molecular weight excluding hydrogens is 318 g/mol. The fraction of sp³-hybridized carbons (Fsp3) is 0.500. The van der Waals surface area contributed by atoms with E-state index < -0.39 is 0 Å². The Bertz CT molecular complexity index is 579. The average Bonchev–Trinajstić information content (AvgIpc) is 2.55. The minimum atomic E-state index is -0.278. The van der Waals surface area contributed by atoms with Gasteiger partial charge >= 0.3 is 0 Å². The Morgan fingerprint density at radius 2 is 1.64 bits per heavy atom. The van der Waals surface area contributed by atoms with Crippen molar-refractivity contribution in [3.8, 4) is 0 Å². The third-order valence-corrected chi connectivity index (χ3v) is 2.98. The van der Waals surface area contributed by atoms with Gasteiger partial charge in [0.1, 0.15) is 6.54 Å². The molecule has 0 aliphatic carbocycles. The summed E-state index contributed by atoms with van der Waals surface area (Å²) in [5.74, 6) is 0.288. The van der Waals surface area contributed by atoms with Crippen LogP contribution in [0, 0.1) is 0 Å². The molecule has 0 atom stereocenters. The number of nitrogens with zero attached hydrogens (tertiary/aromatic N) is 1. The lowest BCUT2D eigenvalue weighted by molar-refractivity contribution is -0.121. The topological polar surface area (TPSA) is 94.6 Å². The van der Waals surface area contributed by atoms with E-state index in [1.807, 2.05) is 45.9 Å². The number of hydrogen-bond acceptors (Lipinski definition) is 3. The highest BCUT2D eigenvalue weighted by Crippen LogP contribution is 1.98. The molecular formula is C18H29N5O2. The molecule has 0 spiro atoms. The van der Waals surface area contributed by atoms with Crippen molar-refractivity contribution >= 4 is 17.8 Å². The van der Waals surface area contributed by atoms with E-state index in [4.69, 9.17) is 0 Å². The summed E-state index contributed by atoms with van der Waals surface area (Å²) in [4.78, 5) is 28.0. The van der Waals surface area contributed by atoms with Gasteiger partial charge in [-0.2, -0.15) is 0 Å². The second-order valence-electron chi connectivity index (χ2n) is 6.54. The first-order chi connectivity index (χ1) is 11.8. The molecule has 25 heavy (non-hydrogen) atoms. The summed E-state index contributed by atoms with van der Waals surface area (Å²) in [6, 6.07) is 9.05. The number of amides is 2. The second kappa shape index (κ2) is 10.3. The zero-order valence-electron chi connectivity index (χ0n) is 15.5. The minimum Gasteiger partial charge on any atom is -0.357 e. The van der Waals surface area contributed by atoms with Gasteiger partial charge in [0.05, 0.1) is 0 Å². The Hall–Kier alpha value is -2.57. The van der Waals surface area contributed by atoms with Gasteiger partial charge in [0.15, 0.2) is 5.96 Å². The van der Waals surface area contributed by atoms with Gasteiger partial charge < -0.3 is 21.3 Å². The molecule has 138 valence electrons. The molecule has 7 nitrogen and oxygen atoms in total. The number of guanidine groups is 1. The smallest absolute Gasteiger partial charge is 0.251 e. The summed E-state index contributed by atoms with van der Waals surface area (Å²) < 4.78 is 0. The number of carbonyl (C=O) groups is 2. The molecule has 0 radical (unpaired) electrons. The molecule has 1 rings (SSSR count). The van der Waals surface area contributed by atoms with E-state index >= 15 is 0 Å². The molecule has 0 aliphatic rings. The molecule has 2 amide bonds. The molecule has 0 heterocycles. The van der Waals surface area contributed by atoms with Crippen LogP contribution in [0.5, 0.6) is 0 Å². The van der Waals surface area contributed by atoms with Crippen molar-refractivity contribution in [3.63, 3.8) is 0 Å². The van der Waals surface area contributed by atoms with Crippen LogP contribution < -0.4 is 21.3 Å². The highest BCUT2D eigenvalue weighted by Gasteiger charge is 2.13. The Balaban J connectivity index is 2.38. The van der Waals surface area contributed by atoms with Gasteiger partial charge in [0.2, 0.25) is 5.91 Å². The first-order valence-corrected chi connectivity index (χ1v) is 8.48. The van der Waals surface area contributed by atoms with Gasteiger partial charge in [-0.1, -0.05) is 18.2 Å². The van der Waals surface area contributed by atoms with Crippen molar-refractivity contribution in [1.29, 1.82) is 0 Å². The lowest BCUT2D eigenvalue weighted by atomic mass is 10.1. The Morgan fingerprint density at radius 1 is 1.00 bits per heavy atom. The minimum absolute atomic E-state index is 0.0446. The van der Waals surface area contributed by atoms with E-state index in [2.05, 4.69) is 26.3 Å². The van der Waals surface area contributed by atoms with Crippen LogP contribution in [0.4, 0.5) is 0 Å². The van der Waals surface area contributed by atoms with Crippen molar-refractivity contribution in [2.75, 3.05) is 26.2 Å². The average molecular weight is 347 g/mol. The predicted molar refractivity (Wildman–Crippen MR) is 101 cm³/mol. The Labute approximate surface area is 149 Å². The SMILES string of the molecule is CCNC(=NCC(=O)NC(C)(C)C)NCCNC(=O)c1ccccc1.